The summed E-state index contributed by atoms with van der Waals surface area (Å²) in [6.07, 6.45) is 3.29. The Labute approximate surface area is 237 Å². The summed E-state index contributed by atoms with van der Waals surface area (Å²) in [5, 5.41) is 9.25. The first kappa shape index (κ1) is 29.2. The molecule has 1 N–H and O–H groups in total. The molecule has 0 aromatic heterocycles. The van der Waals surface area contributed by atoms with Gasteiger partial charge in [0.2, 0.25) is 0 Å². The molecule has 5 rings (SSSR count). The van der Waals surface area contributed by atoms with Gasteiger partial charge in [0, 0.05) is 25.2 Å². The molecule has 3 aromatic rings. The number of carboxylic acid groups (broad SMARTS) is 1. The van der Waals surface area contributed by atoms with Gasteiger partial charge >= 0.3 is 5.97 Å². The molecule has 3 aromatic carbocycles. The number of hydrogen-bond donors (Lipinski definition) is 1. The maximum absolute atomic E-state index is 15.2. The summed E-state index contributed by atoms with van der Waals surface area (Å²) < 4.78 is 42.1. The number of fused-ring (bicyclic) bond motifs is 1. The van der Waals surface area contributed by atoms with E-state index in [1.807, 2.05) is 12.1 Å². The van der Waals surface area contributed by atoms with Crippen LogP contribution in [-0.4, -0.2) is 42.3 Å². The van der Waals surface area contributed by atoms with Crippen molar-refractivity contribution in [1.82, 2.24) is 4.90 Å². The fourth-order valence-electron chi connectivity index (χ4n) is 5.69. The second kappa shape index (κ2) is 12.6. The van der Waals surface area contributed by atoms with Gasteiger partial charge in [0.05, 0.1) is 17.3 Å². The molecule has 39 heavy (non-hydrogen) atoms. The fourth-order valence-corrected chi connectivity index (χ4v) is 5.84. The first-order valence-corrected chi connectivity index (χ1v) is 13.3. The molecule has 2 aliphatic rings. The Morgan fingerprint density at radius 2 is 1.69 bits per heavy atom. The molecule has 1 fully saturated rings. The van der Waals surface area contributed by atoms with Crippen LogP contribution in [0.3, 0.4) is 0 Å². The smallest absolute Gasteiger partial charge is 0.335 e. The van der Waals surface area contributed by atoms with E-state index in [9.17, 15) is 18.7 Å². The minimum absolute atomic E-state index is 0. The highest BCUT2D eigenvalue weighted by molar-refractivity contribution is 6.30. The van der Waals surface area contributed by atoms with Crippen LogP contribution in [0.25, 0.3) is 11.1 Å². The average Bonchev–Trinajstić information content (AvgIpc) is 3.08. The van der Waals surface area contributed by atoms with Crippen molar-refractivity contribution in [2.24, 2.45) is 5.92 Å². The van der Waals surface area contributed by atoms with E-state index in [1.165, 1.54) is 17.7 Å². The zero-order valence-corrected chi connectivity index (χ0v) is 22.9. The number of likely N-dealkylation sites (tertiary alicyclic amines) is 1. The third-order valence-corrected chi connectivity index (χ3v) is 7.86. The summed E-state index contributed by atoms with van der Waals surface area (Å²) in [5.41, 5.74) is 5.57. The molecule has 1 heterocycles. The predicted octanol–water partition coefficient (Wildman–Crippen LogP) is 7.87. The third kappa shape index (κ3) is 6.19. The zero-order valence-electron chi connectivity index (χ0n) is 21.4. The van der Waals surface area contributed by atoms with Crippen molar-refractivity contribution < 1.29 is 23.1 Å². The lowest BCUT2D eigenvalue weighted by Gasteiger charge is -2.39. The second-order valence-corrected chi connectivity index (χ2v) is 10.6. The quantitative estimate of drug-likeness (QED) is 0.278. The van der Waals surface area contributed by atoms with E-state index < -0.39 is 17.6 Å². The van der Waals surface area contributed by atoms with Gasteiger partial charge in [-0.15, -0.1) is 12.4 Å². The molecule has 1 aliphatic carbocycles. The first-order valence-electron chi connectivity index (χ1n) is 13.0. The molecule has 0 bridgehead atoms. The van der Waals surface area contributed by atoms with Crippen molar-refractivity contribution in [3.8, 4) is 0 Å². The zero-order chi connectivity index (χ0) is 26.8. The first-order chi connectivity index (χ1) is 18.4. The number of nitrogens with zero attached hydrogens (tertiary/aromatic N) is 1. The van der Waals surface area contributed by atoms with Crippen LogP contribution >= 0.6 is 24.0 Å². The monoisotopic (exact) mass is 575 g/mol. The summed E-state index contributed by atoms with van der Waals surface area (Å²) in [4.78, 5) is 13.9. The van der Waals surface area contributed by atoms with Gasteiger partial charge in [0.15, 0.2) is 11.6 Å². The van der Waals surface area contributed by atoms with Crippen LogP contribution in [0.15, 0.2) is 54.6 Å². The van der Waals surface area contributed by atoms with E-state index in [2.05, 4.69) is 17.0 Å². The molecular weight excluding hydrogens is 546 g/mol. The summed E-state index contributed by atoms with van der Waals surface area (Å²) in [5.74, 6) is -2.51. The highest BCUT2D eigenvalue weighted by Crippen LogP contribution is 2.41. The number of halogens is 5. The van der Waals surface area contributed by atoms with E-state index in [4.69, 9.17) is 11.6 Å². The molecule has 206 valence electrons. The van der Waals surface area contributed by atoms with Crippen molar-refractivity contribution in [3.63, 3.8) is 0 Å². The molecule has 1 saturated heterocycles. The van der Waals surface area contributed by atoms with E-state index >= 15 is 4.39 Å². The topological polar surface area (TPSA) is 40.5 Å². The summed E-state index contributed by atoms with van der Waals surface area (Å²) in [6.45, 7) is 2.46. The van der Waals surface area contributed by atoms with Crippen LogP contribution in [0.2, 0.25) is 5.02 Å². The normalized spacial score (nSPS) is 15.8. The minimum atomic E-state index is -1.07. The summed E-state index contributed by atoms with van der Waals surface area (Å²) in [7, 11) is 0. The Balaban J connectivity index is 0.00000353. The predicted molar refractivity (Wildman–Crippen MR) is 152 cm³/mol. The van der Waals surface area contributed by atoms with Gasteiger partial charge in [0.25, 0.3) is 0 Å². The number of rotatable bonds is 8. The van der Waals surface area contributed by atoms with Crippen LogP contribution in [0, 0.1) is 17.6 Å². The molecule has 0 saturated carbocycles. The van der Waals surface area contributed by atoms with Crippen molar-refractivity contribution >= 4 is 41.1 Å². The molecule has 0 radical (unpaired) electrons. The van der Waals surface area contributed by atoms with Crippen molar-refractivity contribution in [3.05, 3.63) is 105 Å². The molecular formula is C31H30Cl2F3NO2. The number of aryl methyl sites for hydroxylation is 1. The molecule has 0 amide bonds. The molecule has 0 unspecified atom stereocenters. The Bertz CT molecular complexity index is 1390. The van der Waals surface area contributed by atoms with Gasteiger partial charge in [-0.1, -0.05) is 48.0 Å². The van der Waals surface area contributed by atoms with Crippen LogP contribution in [0.5, 0.6) is 0 Å². The van der Waals surface area contributed by atoms with Crippen molar-refractivity contribution in [2.45, 2.75) is 32.1 Å². The van der Waals surface area contributed by atoms with Crippen molar-refractivity contribution in [2.75, 3.05) is 26.3 Å². The second-order valence-electron chi connectivity index (χ2n) is 10.2. The lowest BCUT2D eigenvalue weighted by molar-refractivity contribution is 0.0696. The largest absolute Gasteiger partial charge is 0.478 e. The maximum atomic E-state index is 15.2. The number of alkyl halides is 1. The number of allylic oxidation sites excluding steroid dienone is 1. The van der Waals surface area contributed by atoms with Crippen LogP contribution in [0.4, 0.5) is 13.2 Å². The molecule has 0 spiro atoms. The molecule has 3 nitrogen and oxygen atoms in total. The van der Waals surface area contributed by atoms with E-state index in [0.717, 1.165) is 48.3 Å². The lowest BCUT2D eigenvalue weighted by atomic mass is 9.86. The fraction of sp³-hybridized carbons (Fsp3) is 0.323. The Kier molecular flexibility index (Phi) is 9.42. The Hall–Kier alpha value is -2.80. The van der Waals surface area contributed by atoms with Gasteiger partial charge in [-0.3, -0.25) is 4.39 Å². The van der Waals surface area contributed by atoms with Crippen LogP contribution in [-0.2, 0) is 12.8 Å². The van der Waals surface area contributed by atoms with E-state index in [-0.39, 0.29) is 35.2 Å². The van der Waals surface area contributed by atoms with Crippen molar-refractivity contribution in [1.29, 1.82) is 0 Å². The van der Waals surface area contributed by atoms with Gasteiger partial charge in [0.1, 0.15) is 0 Å². The Morgan fingerprint density at radius 1 is 0.974 bits per heavy atom. The number of benzene rings is 3. The standard InChI is InChI=1S/C31H29ClF3NO2.ClH/c32-27-12-11-26(29(34)30(27)35)25-4-1-3-22-16-23(31(37)38)9-10-24(22)28(25)21-7-5-19(6-8-21)15-20-17-36(18-20)14-2-13-33;/h5-12,16,20H,1-4,13-15,17-18H2,(H,37,38);1H. The highest BCUT2D eigenvalue weighted by atomic mass is 35.5. The molecule has 1 aliphatic heterocycles. The molecule has 0 atom stereocenters. The number of hydrogen-bond acceptors (Lipinski definition) is 2. The van der Waals surface area contributed by atoms with E-state index in [0.29, 0.717) is 37.2 Å². The lowest BCUT2D eigenvalue weighted by Crippen LogP contribution is -2.47. The Morgan fingerprint density at radius 3 is 2.38 bits per heavy atom. The van der Waals surface area contributed by atoms with Gasteiger partial charge in [-0.05, 0) is 89.6 Å². The van der Waals surface area contributed by atoms with Gasteiger partial charge < -0.3 is 10.0 Å². The SMILES string of the molecule is Cl.O=C(O)c1ccc2c(c1)CCCC(c1ccc(Cl)c(F)c1F)=C2c1ccc(CC2CN(CCCF)C2)cc1. The minimum Gasteiger partial charge on any atom is -0.478 e. The third-order valence-electron chi connectivity index (χ3n) is 7.56. The number of carbonyl (C=O) groups is 1. The average molecular weight is 576 g/mol. The van der Waals surface area contributed by atoms with Crippen LogP contribution < -0.4 is 0 Å². The van der Waals surface area contributed by atoms with Gasteiger partial charge in [-0.2, -0.15) is 0 Å². The summed E-state index contributed by atoms with van der Waals surface area (Å²) >= 11 is 5.84. The highest BCUT2D eigenvalue weighted by Gasteiger charge is 2.27. The number of carboxylic acids is 1. The number of aromatic carboxylic acids is 1. The van der Waals surface area contributed by atoms with E-state index in [1.54, 1.807) is 18.2 Å². The molecule has 8 heteroatoms. The maximum Gasteiger partial charge on any atom is 0.335 e. The van der Waals surface area contributed by atoms with Crippen LogP contribution in [0.1, 0.15) is 57.4 Å². The summed E-state index contributed by atoms with van der Waals surface area (Å²) in [6, 6.07) is 16.1. The van der Waals surface area contributed by atoms with Gasteiger partial charge in [-0.25, -0.2) is 13.6 Å².